The van der Waals surface area contributed by atoms with Gasteiger partial charge in [0.25, 0.3) is 0 Å². The van der Waals surface area contributed by atoms with Gasteiger partial charge in [0.1, 0.15) is 58.3 Å². The first-order valence-corrected chi connectivity index (χ1v) is 48.0. The van der Waals surface area contributed by atoms with Gasteiger partial charge < -0.3 is 56.0 Å². The number of hydrogen-bond donors (Lipinski definition) is 0. The number of likely N-dealkylation sites (tertiary alicyclic amines) is 1. The van der Waals surface area contributed by atoms with Crippen molar-refractivity contribution in [2.45, 2.75) is 311 Å². The van der Waals surface area contributed by atoms with Crippen molar-refractivity contribution in [3.8, 4) is 0 Å². The van der Waals surface area contributed by atoms with Gasteiger partial charge in [0.2, 0.25) is 11.8 Å². The van der Waals surface area contributed by atoms with Crippen LogP contribution in [0.15, 0.2) is 147 Å². The van der Waals surface area contributed by atoms with Crippen molar-refractivity contribution < 1.29 is 19.1 Å². The first-order chi connectivity index (χ1) is 61.9. The zero-order valence-electron chi connectivity index (χ0n) is 83.0. The number of carbonyl (C=O) groups is 2. The van der Waals surface area contributed by atoms with Gasteiger partial charge in [0.05, 0.1) is 65.7 Å². The van der Waals surface area contributed by atoms with E-state index in [2.05, 4.69) is 316 Å². The molecule has 2 aromatic carbocycles. The monoisotopic (exact) mass is 1780 g/mol. The Bertz CT molecular complexity index is 6000. The van der Waals surface area contributed by atoms with Gasteiger partial charge in [-0.2, -0.15) is 0 Å². The normalized spacial score (nSPS) is 16.9. The number of carbonyl (C=O) groups excluding carboxylic acids is 2. The van der Waals surface area contributed by atoms with Crippen molar-refractivity contribution in [3.63, 3.8) is 0 Å². The lowest BCUT2D eigenvalue weighted by Gasteiger charge is -2.32. The van der Waals surface area contributed by atoms with E-state index in [0.717, 1.165) is 176 Å². The number of hydrogen-bond acceptors (Lipinski definition) is 16. The predicted molar refractivity (Wildman–Crippen MR) is 529 cm³/mol. The molecule has 700 valence electrons. The molecule has 131 heavy (non-hydrogen) atoms. The number of nitrogens with zero attached hydrogens (tertiary/aromatic N) is 21. The van der Waals surface area contributed by atoms with Gasteiger partial charge >= 0.3 is 0 Å². The van der Waals surface area contributed by atoms with E-state index < -0.39 is 0 Å². The maximum absolute atomic E-state index is 12.5. The molecule has 25 heteroatoms. The van der Waals surface area contributed by atoms with Crippen molar-refractivity contribution >= 4 is 83.5 Å². The van der Waals surface area contributed by atoms with Gasteiger partial charge in [-0.05, 0) is 159 Å². The van der Waals surface area contributed by atoms with Crippen molar-refractivity contribution in [3.05, 3.63) is 193 Å². The fourth-order valence-corrected chi connectivity index (χ4v) is 17.5. The lowest BCUT2D eigenvalue weighted by molar-refractivity contribution is -0.133. The van der Waals surface area contributed by atoms with Crippen LogP contribution in [-0.2, 0) is 63.5 Å². The van der Waals surface area contributed by atoms with E-state index >= 15 is 0 Å². The molecule has 25 nitrogen and oxygen atoms in total. The molecule has 6 aliphatic rings. The second-order valence-corrected chi connectivity index (χ2v) is 44.3. The zero-order valence-corrected chi connectivity index (χ0v) is 83.0. The van der Waals surface area contributed by atoms with Gasteiger partial charge in [-0.15, -0.1) is 0 Å². The van der Waals surface area contributed by atoms with E-state index in [9.17, 15) is 9.59 Å². The molecule has 4 aliphatic heterocycles. The van der Waals surface area contributed by atoms with Gasteiger partial charge in [-0.1, -0.05) is 183 Å². The van der Waals surface area contributed by atoms with Gasteiger partial charge in [0, 0.05) is 183 Å². The largest absolute Gasteiger partial charge is 0.381 e. The quantitative estimate of drug-likeness (QED) is 0.144. The molecule has 2 amide bonds. The molecule has 12 aromatic heterocycles. The number of piperazine rings is 1. The highest BCUT2D eigenvalue weighted by atomic mass is 16.5. The smallest absolute Gasteiger partial charge is 0.242 e. The Morgan fingerprint density at radius 1 is 0.374 bits per heavy atom. The Labute approximate surface area is 776 Å². The molecular formula is C106H147N21O4. The number of fused-ring (bicyclic) bond motifs is 7. The highest BCUT2D eigenvalue weighted by Crippen LogP contribution is 2.38. The molecular weight excluding hydrogens is 1630 g/mol. The molecule has 2 aliphatic carbocycles. The van der Waals surface area contributed by atoms with Crippen LogP contribution in [0.5, 0.6) is 0 Å². The third-order valence-corrected chi connectivity index (χ3v) is 26.5. The topological polar surface area (TPSA) is 238 Å². The lowest BCUT2D eigenvalue weighted by atomic mass is 9.87. The van der Waals surface area contributed by atoms with E-state index in [4.69, 9.17) is 24.4 Å². The molecule has 6 fully saturated rings. The Balaban J connectivity index is 0.000000124. The van der Waals surface area contributed by atoms with Crippen LogP contribution in [0.4, 0.5) is 0 Å². The first-order valence-electron chi connectivity index (χ1n) is 48.0. The summed E-state index contributed by atoms with van der Waals surface area (Å²) in [6.45, 7) is 58.3. The van der Waals surface area contributed by atoms with E-state index in [1.54, 1.807) is 6.92 Å². The second-order valence-electron chi connectivity index (χ2n) is 44.3. The summed E-state index contributed by atoms with van der Waals surface area (Å²) in [4.78, 5) is 80.4. The number of pyridine rings is 1. The van der Waals surface area contributed by atoms with Crippen LogP contribution in [0.2, 0.25) is 0 Å². The fraction of sp³-hybridized carbons (Fsp3) is 0.557. The molecule has 0 atom stereocenters. The molecule has 0 radical (unpaired) electrons. The highest BCUT2D eigenvalue weighted by molar-refractivity contribution is 5.82. The minimum Gasteiger partial charge on any atom is -0.381 e. The summed E-state index contributed by atoms with van der Waals surface area (Å²) in [5.41, 5.74) is 14.4. The maximum Gasteiger partial charge on any atom is 0.242 e. The Kier molecular flexibility index (Phi) is 29.2. The van der Waals surface area contributed by atoms with E-state index in [-0.39, 0.29) is 49.7 Å². The minimum absolute atomic E-state index is 0.00978. The SMILES string of the molecule is CC(=O)N1CCC(n2ccc3cnc(C(C)(C)C)nc32)CC1.CC(C)(C)c1ccc2ncn(C3CCOCC3)c2c1.CC(C)(C)c1ccc2ncn(C3COC3)c2c1.CC(C)(C)c1ncc2ccn(C3CCC3)c2n1.CC(C)(C)c1ncc2ccn(C3CCCCC3)c2n1.CN1CCN(C(=O)Cn2ccc3cnc(C(C)(C)C)nc32)CC1.Cc1ncc2ccc(C(C)(C)C)cn12. The van der Waals surface area contributed by atoms with Crippen LogP contribution in [-0.4, -0.2) is 186 Å². The molecule has 4 saturated heterocycles. The van der Waals surface area contributed by atoms with Crippen LogP contribution in [0.3, 0.4) is 0 Å². The van der Waals surface area contributed by atoms with Crippen LogP contribution >= 0.6 is 0 Å². The summed E-state index contributed by atoms with van der Waals surface area (Å²) in [5, 5.41) is 4.38. The second kappa shape index (κ2) is 39.7. The molecule has 2 saturated carbocycles. The van der Waals surface area contributed by atoms with Crippen LogP contribution in [0, 0.1) is 6.92 Å². The predicted octanol–water partition coefficient (Wildman–Crippen LogP) is 21.6. The van der Waals surface area contributed by atoms with Gasteiger partial charge in [-0.25, -0.2) is 54.8 Å². The molecule has 0 N–H and O–H groups in total. The van der Waals surface area contributed by atoms with Crippen molar-refractivity contribution in [2.24, 2.45) is 0 Å². The number of rotatable bonds is 7. The number of likely N-dealkylation sites (N-methyl/N-ethyl adjacent to an activating group) is 1. The summed E-state index contributed by atoms with van der Waals surface area (Å²) < 4.78 is 26.3. The lowest BCUT2D eigenvalue weighted by Crippen LogP contribution is -2.48. The summed E-state index contributed by atoms with van der Waals surface area (Å²) in [7, 11) is 2.09. The van der Waals surface area contributed by atoms with E-state index in [0.29, 0.717) is 36.8 Å². The molecule has 0 unspecified atom stereocenters. The van der Waals surface area contributed by atoms with Crippen molar-refractivity contribution in [1.82, 2.24) is 101 Å². The number of ether oxygens (including phenoxy) is 2. The molecule has 0 spiro atoms. The van der Waals surface area contributed by atoms with Gasteiger partial charge in [0.15, 0.2) is 0 Å². The average Bonchev–Trinajstić information content (AvgIpc) is 1.62. The summed E-state index contributed by atoms with van der Waals surface area (Å²) >= 11 is 0. The Morgan fingerprint density at radius 3 is 1.18 bits per heavy atom. The molecule has 16 heterocycles. The van der Waals surface area contributed by atoms with E-state index in [1.807, 2.05) is 77.2 Å². The summed E-state index contributed by atoms with van der Waals surface area (Å²) in [6.07, 6.45) is 38.8. The zero-order chi connectivity index (χ0) is 93.9. The first kappa shape index (κ1) is 96.4. The number of aryl methyl sites for hydroxylation is 1. The van der Waals surface area contributed by atoms with Crippen LogP contribution in [0.25, 0.3) is 71.7 Å². The number of piperidine rings is 1. The third kappa shape index (κ3) is 23.4. The third-order valence-electron chi connectivity index (χ3n) is 26.5. The van der Waals surface area contributed by atoms with Gasteiger partial charge in [-0.3, -0.25) is 9.59 Å². The number of imidazole rings is 3. The molecule has 0 bridgehead atoms. The summed E-state index contributed by atoms with van der Waals surface area (Å²) in [6, 6.07) is 28.5. The average molecular weight is 1780 g/mol. The Hall–Kier alpha value is -10.6. The number of aromatic nitrogens is 18. The Morgan fingerprint density at radius 2 is 0.771 bits per heavy atom. The van der Waals surface area contributed by atoms with Crippen molar-refractivity contribution in [1.29, 1.82) is 0 Å². The van der Waals surface area contributed by atoms with E-state index in [1.165, 1.54) is 84.5 Å². The summed E-state index contributed by atoms with van der Waals surface area (Å²) in [5.74, 6) is 4.93. The highest BCUT2D eigenvalue weighted by Gasteiger charge is 2.31. The molecule has 14 aromatic rings. The number of benzene rings is 2. The standard InChI is InChI=1S/C17H25N5O.C17H24N4O.C16H23N3.C16H22N2O.C14H19N3.C14H18N2O.C12H16N2/c1-17(2,3)16-18-11-13-5-6-22(15(13)19-16)12-14(23)21-9-7-20(4)8-10-21;1-12(22)20-8-6-14(7-9-20)21-10-5-13-11-18-16(17(2,3)4)19-15(13)21;1-16(2,3)15-17-11-12-9-10-19(14(12)18-15)13-7-5-4-6-8-13;1-16(2,3)12-4-5-14-15(10-12)18(11-17-14)13-6-8-19-9-7-13;1-14(2,3)13-15-9-10-7-8-17(12(10)16-13)11-5-4-6-11;1-14(2,3)10-4-5-12-13(6-10)16(9-15-12)11-7-17-8-11;1-9-13-7-11-6-5-10(8-14(9)11)12(2,3)4/h5-6,11H,7-10,12H2,1-4H3;5,10-11,14H,6-9H2,1-4H3;9-11,13H,4-8H2,1-3H3;4-5,10-11,13H,6-9H2,1-3H3;7-9,11H,4-6H2,1-3H3;4-6,9,11H,7-8H2,1-3H3;5-8H,1-4H3. The maximum atomic E-state index is 12.5. The molecule has 20 rings (SSSR count). The minimum atomic E-state index is -0.106. The van der Waals surface area contributed by atoms with Crippen molar-refractivity contribution in [2.75, 3.05) is 72.7 Å². The fourth-order valence-electron chi connectivity index (χ4n) is 17.5. The van der Waals surface area contributed by atoms with Crippen LogP contribution < -0.4 is 0 Å². The van der Waals surface area contributed by atoms with Crippen LogP contribution in [0.1, 0.15) is 305 Å². The number of amides is 2.